The molecule has 2 unspecified atom stereocenters. The van der Waals surface area contributed by atoms with Crippen molar-refractivity contribution >= 4 is 5.91 Å². The van der Waals surface area contributed by atoms with Gasteiger partial charge >= 0.3 is 0 Å². The minimum absolute atomic E-state index is 0.135. The molecule has 1 fully saturated rings. The molecule has 0 spiro atoms. The number of aryl methyl sites for hydroxylation is 1. The van der Waals surface area contributed by atoms with Crippen LogP contribution in [0, 0.1) is 11.3 Å². The highest BCUT2D eigenvalue weighted by Gasteiger charge is 2.42. The van der Waals surface area contributed by atoms with Crippen molar-refractivity contribution in [2.75, 3.05) is 26.8 Å². The maximum atomic E-state index is 13.9. The number of likely N-dealkylation sites (tertiary alicyclic amines) is 1. The summed E-state index contributed by atoms with van der Waals surface area (Å²) in [5, 5.41) is 9.93. The molecule has 2 N–H and O–H groups in total. The Hall–Kier alpha value is -3.67. The maximum Gasteiger partial charge on any atom is 0.233 e. The summed E-state index contributed by atoms with van der Waals surface area (Å²) in [5.41, 5.74) is 8.01. The molecule has 0 radical (unpaired) electrons. The van der Waals surface area contributed by atoms with Crippen molar-refractivity contribution in [2.24, 2.45) is 12.8 Å². The van der Waals surface area contributed by atoms with Crippen LogP contribution < -0.4 is 10.5 Å². The molecule has 2 aromatic carbocycles. The lowest BCUT2D eigenvalue weighted by atomic mass is 9.73. The quantitative estimate of drug-likeness (QED) is 0.446. The van der Waals surface area contributed by atoms with Gasteiger partial charge in [0.25, 0.3) is 0 Å². The Labute approximate surface area is 225 Å². The van der Waals surface area contributed by atoms with E-state index in [1.807, 2.05) is 59.8 Å². The van der Waals surface area contributed by atoms with Crippen molar-refractivity contribution in [1.29, 1.82) is 5.26 Å². The van der Waals surface area contributed by atoms with Gasteiger partial charge in [0, 0.05) is 32.8 Å². The lowest BCUT2D eigenvalue weighted by Gasteiger charge is -2.35. The van der Waals surface area contributed by atoms with E-state index in [0.29, 0.717) is 42.2 Å². The number of carbonyl (C=O) groups excluding carboxylic acids is 1. The van der Waals surface area contributed by atoms with Crippen molar-refractivity contribution in [3.8, 4) is 17.6 Å². The summed E-state index contributed by atoms with van der Waals surface area (Å²) in [4.78, 5) is 20.0. The van der Waals surface area contributed by atoms with Crippen LogP contribution in [0.5, 0.6) is 11.5 Å². The van der Waals surface area contributed by atoms with Gasteiger partial charge in [-0.2, -0.15) is 5.26 Å². The average molecular weight is 516 g/mol. The Balaban J connectivity index is 1.75. The molecule has 8 nitrogen and oxygen atoms in total. The number of nitriles is 1. The van der Waals surface area contributed by atoms with E-state index in [1.54, 1.807) is 25.7 Å². The number of carbonyl (C=O) groups is 1. The number of rotatable bonds is 9. The highest BCUT2D eigenvalue weighted by molar-refractivity contribution is 5.88. The Kier molecular flexibility index (Phi) is 8.20. The van der Waals surface area contributed by atoms with Gasteiger partial charge in [0.1, 0.15) is 11.8 Å². The van der Waals surface area contributed by atoms with Crippen molar-refractivity contribution < 1.29 is 14.3 Å². The zero-order valence-corrected chi connectivity index (χ0v) is 22.7. The second kappa shape index (κ2) is 11.4. The molecule has 1 aliphatic heterocycles. The second-order valence-electron chi connectivity index (χ2n) is 10.2. The number of amides is 1. The summed E-state index contributed by atoms with van der Waals surface area (Å²) in [6.07, 6.45) is 6.81. The number of hydrogen-bond acceptors (Lipinski definition) is 6. The number of imidazole rings is 1. The maximum absolute atomic E-state index is 13.9. The molecule has 4 rings (SSSR count). The second-order valence-corrected chi connectivity index (χ2v) is 10.2. The van der Waals surface area contributed by atoms with Gasteiger partial charge in [-0.3, -0.25) is 4.79 Å². The summed E-state index contributed by atoms with van der Waals surface area (Å²) >= 11 is 0. The van der Waals surface area contributed by atoms with Gasteiger partial charge < -0.3 is 24.7 Å². The van der Waals surface area contributed by atoms with Gasteiger partial charge in [0.05, 0.1) is 41.3 Å². The van der Waals surface area contributed by atoms with Crippen molar-refractivity contribution in [3.05, 3.63) is 77.4 Å². The first-order chi connectivity index (χ1) is 18.3. The number of nitrogens with two attached hydrogens (primary N) is 1. The van der Waals surface area contributed by atoms with Crippen LogP contribution >= 0.6 is 0 Å². The molecule has 0 aliphatic carbocycles. The highest BCUT2D eigenvalue weighted by Crippen LogP contribution is 2.41. The number of ether oxygens (including phenoxy) is 2. The van der Waals surface area contributed by atoms with Gasteiger partial charge in [-0.05, 0) is 49.9 Å². The van der Waals surface area contributed by atoms with E-state index in [1.165, 1.54) is 0 Å². The van der Waals surface area contributed by atoms with Gasteiger partial charge in [0.15, 0.2) is 5.75 Å². The molecular formula is C30H37N5O3. The van der Waals surface area contributed by atoms with E-state index < -0.39 is 11.0 Å². The van der Waals surface area contributed by atoms with Gasteiger partial charge in [0.2, 0.25) is 5.91 Å². The van der Waals surface area contributed by atoms with Gasteiger partial charge in [-0.25, -0.2) is 4.98 Å². The monoisotopic (exact) mass is 515 g/mol. The minimum atomic E-state index is -0.963. The Morgan fingerprint density at radius 2 is 2.03 bits per heavy atom. The molecule has 8 heteroatoms. The first kappa shape index (κ1) is 27.4. The molecule has 3 aromatic rings. The van der Waals surface area contributed by atoms with E-state index >= 15 is 0 Å². The van der Waals surface area contributed by atoms with Crippen LogP contribution in [-0.4, -0.2) is 47.2 Å². The normalized spacial score (nSPS) is 19.5. The van der Waals surface area contributed by atoms with Crippen LogP contribution in [0.4, 0.5) is 0 Å². The van der Waals surface area contributed by atoms with Crippen LogP contribution in [0.15, 0.2) is 55.0 Å². The van der Waals surface area contributed by atoms with Crippen LogP contribution in [0.2, 0.25) is 0 Å². The molecule has 2 atom stereocenters. The predicted octanol–water partition coefficient (Wildman–Crippen LogP) is 4.61. The third-order valence-electron chi connectivity index (χ3n) is 7.80. The fraction of sp³-hybridized carbons (Fsp3) is 0.433. The van der Waals surface area contributed by atoms with Crippen molar-refractivity contribution in [2.45, 2.75) is 50.5 Å². The van der Waals surface area contributed by atoms with E-state index in [-0.39, 0.29) is 5.91 Å². The Bertz CT molecular complexity index is 1330. The van der Waals surface area contributed by atoms with Crippen LogP contribution in [0.25, 0.3) is 0 Å². The van der Waals surface area contributed by atoms with Crippen LogP contribution in [0.1, 0.15) is 61.9 Å². The molecule has 38 heavy (non-hydrogen) atoms. The van der Waals surface area contributed by atoms with Crippen molar-refractivity contribution in [3.63, 3.8) is 0 Å². The van der Waals surface area contributed by atoms with Crippen molar-refractivity contribution in [1.82, 2.24) is 14.5 Å². The zero-order chi connectivity index (χ0) is 27.3. The molecule has 0 bridgehead atoms. The smallest absolute Gasteiger partial charge is 0.233 e. The largest absolute Gasteiger partial charge is 0.456 e. The SMILES string of the molecule is CCC1(c2cccc(Oc3c(C#N)cccc3C(C)(N)c3cncn3C)c2)CCCCN(CCOC)C1=O. The molecular weight excluding hydrogens is 478 g/mol. The molecule has 200 valence electrons. The highest BCUT2D eigenvalue weighted by atomic mass is 16.5. The minimum Gasteiger partial charge on any atom is -0.456 e. The van der Waals surface area contributed by atoms with E-state index in [9.17, 15) is 10.1 Å². The number of aromatic nitrogens is 2. The molecule has 1 aromatic heterocycles. The summed E-state index contributed by atoms with van der Waals surface area (Å²) in [7, 11) is 3.54. The first-order valence-electron chi connectivity index (χ1n) is 13.1. The lowest BCUT2D eigenvalue weighted by Crippen LogP contribution is -2.46. The lowest BCUT2D eigenvalue weighted by molar-refractivity contribution is -0.137. The Morgan fingerprint density at radius 1 is 1.24 bits per heavy atom. The van der Waals surface area contributed by atoms with Gasteiger partial charge in [-0.1, -0.05) is 37.6 Å². The van der Waals surface area contributed by atoms with E-state index in [0.717, 1.165) is 37.1 Å². The van der Waals surface area contributed by atoms with E-state index in [4.69, 9.17) is 15.2 Å². The van der Waals surface area contributed by atoms with Crippen LogP contribution in [-0.2, 0) is 27.5 Å². The zero-order valence-electron chi connectivity index (χ0n) is 22.7. The Morgan fingerprint density at radius 3 is 2.71 bits per heavy atom. The number of methoxy groups -OCH3 is 1. The molecule has 1 aliphatic rings. The third kappa shape index (κ3) is 5.04. The molecule has 1 saturated heterocycles. The summed E-state index contributed by atoms with van der Waals surface area (Å²) in [6.45, 7) is 5.78. The molecule has 2 heterocycles. The summed E-state index contributed by atoms with van der Waals surface area (Å²) in [5.74, 6) is 1.09. The predicted molar refractivity (Wildman–Crippen MR) is 146 cm³/mol. The topological polar surface area (TPSA) is 106 Å². The fourth-order valence-electron chi connectivity index (χ4n) is 5.57. The third-order valence-corrected chi connectivity index (χ3v) is 7.80. The molecule has 1 amide bonds. The number of para-hydroxylation sites is 1. The van der Waals surface area contributed by atoms with Crippen LogP contribution in [0.3, 0.4) is 0 Å². The average Bonchev–Trinajstić information content (AvgIpc) is 3.30. The number of nitrogens with zero attached hydrogens (tertiary/aromatic N) is 4. The summed E-state index contributed by atoms with van der Waals surface area (Å²) < 4.78 is 13.6. The number of hydrogen-bond donors (Lipinski definition) is 1. The molecule has 0 saturated carbocycles. The van der Waals surface area contributed by atoms with E-state index in [2.05, 4.69) is 18.0 Å². The fourth-order valence-corrected chi connectivity index (χ4v) is 5.57. The first-order valence-corrected chi connectivity index (χ1v) is 13.1. The standard InChI is InChI=1S/C30H37N5O3/c1-5-30(14-6-7-15-35(28(30)36)16-17-37-4)23-11-9-12-24(18-23)38-27-22(19-31)10-8-13-25(27)29(2,32)26-20-33-21-34(26)3/h8-13,18,20-21H,5-7,14-17,32H2,1-4H3. The number of benzene rings is 2. The van der Waals surface area contributed by atoms with Gasteiger partial charge in [-0.15, -0.1) is 0 Å². The summed E-state index contributed by atoms with van der Waals surface area (Å²) in [6, 6.07) is 15.4.